The first-order valence-electron chi connectivity index (χ1n) is 8.95. The lowest BCUT2D eigenvalue weighted by molar-refractivity contribution is -0.159. The Balaban J connectivity index is 1.69. The summed E-state index contributed by atoms with van der Waals surface area (Å²) in [5, 5.41) is 0. The molecule has 4 nitrogen and oxygen atoms in total. The summed E-state index contributed by atoms with van der Waals surface area (Å²) in [6.07, 6.45) is 4.10. The fourth-order valence-electron chi connectivity index (χ4n) is 3.98. The molecule has 2 fully saturated rings. The Kier molecular flexibility index (Phi) is 5.34. The van der Waals surface area contributed by atoms with Gasteiger partial charge >= 0.3 is 0 Å². The first kappa shape index (κ1) is 16.9. The summed E-state index contributed by atoms with van der Waals surface area (Å²) in [4.78, 5) is 7.20. The van der Waals surface area contributed by atoms with E-state index in [1.807, 2.05) is 0 Å². The van der Waals surface area contributed by atoms with Gasteiger partial charge in [-0.25, -0.2) is 0 Å². The van der Waals surface area contributed by atoms with Gasteiger partial charge in [0.05, 0.1) is 24.5 Å². The zero-order valence-corrected chi connectivity index (χ0v) is 14.8. The van der Waals surface area contributed by atoms with Crippen molar-refractivity contribution in [2.45, 2.75) is 58.8 Å². The third-order valence-electron chi connectivity index (χ3n) is 5.10. The highest BCUT2D eigenvalue weighted by molar-refractivity contribution is 5.10. The molecular weight excluding hydrogens is 288 g/mol. The Hall–Kier alpha value is -0.970. The summed E-state index contributed by atoms with van der Waals surface area (Å²) < 4.78 is 12.1. The van der Waals surface area contributed by atoms with Crippen LogP contribution >= 0.6 is 0 Å². The molecule has 0 N–H and O–H groups in total. The molecule has 1 aromatic heterocycles. The molecule has 0 spiro atoms. The summed E-state index contributed by atoms with van der Waals surface area (Å²) >= 11 is 0. The van der Waals surface area contributed by atoms with Crippen molar-refractivity contribution in [2.24, 2.45) is 5.41 Å². The van der Waals surface area contributed by atoms with E-state index >= 15 is 0 Å². The van der Waals surface area contributed by atoms with E-state index in [1.54, 1.807) is 0 Å². The summed E-state index contributed by atoms with van der Waals surface area (Å²) in [6.45, 7) is 11.1. The third-order valence-corrected chi connectivity index (χ3v) is 5.10. The first-order chi connectivity index (χ1) is 11.1. The van der Waals surface area contributed by atoms with E-state index in [4.69, 9.17) is 9.47 Å². The van der Waals surface area contributed by atoms with Crippen molar-refractivity contribution < 1.29 is 9.47 Å². The molecule has 0 aliphatic carbocycles. The maximum Gasteiger partial charge on any atom is 0.0677 e. The van der Waals surface area contributed by atoms with Crippen molar-refractivity contribution in [1.82, 2.24) is 9.88 Å². The van der Waals surface area contributed by atoms with Crippen LogP contribution in [0.25, 0.3) is 0 Å². The Morgan fingerprint density at radius 2 is 2.30 bits per heavy atom. The second kappa shape index (κ2) is 7.29. The molecule has 4 heteroatoms. The van der Waals surface area contributed by atoms with Gasteiger partial charge in [0, 0.05) is 37.4 Å². The van der Waals surface area contributed by atoms with Gasteiger partial charge in [0.1, 0.15) is 0 Å². The highest BCUT2D eigenvalue weighted by Crippen LogP contribution is 2.41. The number of nitrogens with zero attached hydrogens (tertiary/aromatic N) is 2. The van der Waals surface area contributed by atoms with Gasteiger partial charge in [0.25, 0.3) is 0 Å². The van der Waals surface area contributed by atoms with Crippen molar-refractivity contribution in [3.63, 3.8) is 0 Å². The second-order valence-corrected chi connectivity index (χ2v) is 7.45. The van der Waals surface area contributed by atoms with Crippen LogP contribution < -0.4 is 0 Å². The lowest BCUT2D eigenvalue weighted by atomic mass is 9.73. The van der Waals surface area contributed by atoms with Gasteiger partial charge in [-0.3, -0.25) is 9.88 Å². The molecule has 3 heterocycles. The number of ether oxygens (including phenoxy) is 2. The minimum atomic E-state index is 0.157. The van der Waals surface area contributed by atoms with Crippen LogP contribution in [0.5, 0.6) is 0 Å². The van der Waals surface area contributed by atoms with Gasteiger partial charge in [0.15, 0.2) is 0 Å². The fraction of sp³-hybridized carbons (Fsp3) is 0.737. The van der Waals surface area contributed by atoms with Crippen LogP contribution in [0.2, 0.25) is 0 Å². The number of hydrogen-bond donors (Lipinski definition) is 0. The molecule has 0 amide bonds. The Morgan fingerprint density at radius 1 is 1.43 bits per heavy atom. The van der Waals surface area contributed by atoms with Gasteiger partial charge in [-0.1, -0.05) is 6.07 Å². The summed E-state index contributed by atoms with van der Waals surface area (Å²) in [6, 6.07) is 6.29. The number of fused-ring (bicyclic) bond motifs is 1. The largest absolute Gasteiger partial charge is 0.378 e. The lowest BCUT2D eigenvalue weighted by Crippen LogP contribution is -2.56. The topological polar surface area (TPSA) is 34.6 Å². The normalized spacial score (nSPS) is 28.8. The average Bonchev–Trinajstić information content (AvgIpc) is 2.53. The van der Waals surface area contributed by atoms with E-state index in [2.05, 4.69) is 48.9 Å². The average molecular weight is 318 g/mol. The second-order valence-electron chi connectivity index (χ2n) is 7.45. The maximum absolute atomic E-state index is 6.11. The monoisotopic (exact) mass is 318 g/mol. The van der Waals surface area contributed by atoms with Gasteiger partial charge in [-0.15, -0.1) is 0 Å². The van der Waals surface area contributed by atoms with Crippen LogP contribution in [0.3, 0.4) is 0 Å². The van der Waals surface area contributed by atoms with E-state index in [1.165, 1.54) is 12.1 Å². The standard InChI is InChI=1S/C19H30N2O2/c1-15(2)23-14-19-9-5-11-22-18(19)8-10-21(13-19)12-17-7-4-6-16(3)20-17/h4,6-7,15,18H,5,8-14H2,1-3H3/t18-,19+/m1/s1. The fourth-order valence-corrected chi connectivity index (χ4v) is 3.98. The minimum Gasteiger partial charge on any atom is -0.378 e. The molecule has 0 radical (unpaired) electrons. The van der Waals surface area contributed by atoms with Gasteiger partial charge < -0.3 is 9.47 Å². The van der Waals surface area contributed by atoms with Crippen molar-refractivity contribution in [3.05, 3.63) is 29.6 Å². The lowest BCUT2D eigenvalue weighted by Gasteiger charge is -2.50. The third kappa shape index (κ3) is 4.11. The van der Waals surface area contributed by atoms with Crippen molar-refractivity contribution in [1.29, 1.82) is 0 Å². The smallest absolute Gasteiger partial charge is 0.0677 e. The van der Waals surface area contributed by atoms with Gasteiger partial charge in [-0.05, 0) is 52.2 Å². The molecule has 0 saturated carbocycles. The number of rotatable bonds is 5. The summed E-state index contributed by atoms with van der Waals surface area (Å²) in [5.41, 5.74) is 2.42. The molecule has 2 aliphatic rings. The molecule has 0 unspecified atom stereocenters. The molecule has 0 aromatic carbocycles. The van der Waals surface area contributed by atoms with Crippen LogP contribution in [0, 0.1) is 12.3 Å². The Bertz CT molecular complexity index is 520. The van der Waals surface area contributed by atoms with E-state index in [0.29, 0.717) is 6.10 Å². The number of piperidine rings is 1. The van der Waals surface area contributed by atoms with Crippen molar-refractivity contribution in [3.8, 4) is 0 Å². The van der Waals surface area contributed by atoms with Crippen LogP contribution in [-0.4, -0.2) is 48.4 Å². The minimum absolute atomic E-state index is 0.157. The highest BCUT2D eigenvalue weighted by Gasteiger charge is 2.46. The van der Waals surface area contributed by atoms with Crippen molar-refractivity contribution in [2.75, 3.05) is 26.3 Å². The molecule has 128 valence electrons. The Labute approximate surface area is 140 Å². The van der Waals surface area contributed by atoms with E-state index < -0.39 is 0 Å². The van der Waals surface area contributed by atoms with E-state index in [9.17, 15) is 0 Å². The number of aromatic nitrogens is 1. The molecule has 2 aliphatic heterocycles. The van der Waals surface area contributed by atoms with Gasteiger partial charge in [0.2, 0.25) is 0 Å². The summed E-state index contributed by atoms with van der Waals surface area (Å²) in [7, 11) is 0. The molecule has 2 atom stereocenters. The highest BCUT2D eigenvalue weighted by atomic mass is 16.5. The molecule has 0 bridgehead atoms. The number of hydrogen-bond acceptors (Lipinski definition) is 4. The number of pyridine rings is 1. The maximum atomic E-state index is 6.11. The molecule has 23 heavy (non-hydrogen) atoms. The van der Waals surface area contributed by atoms with Crippen LogP contribution in [0.4, 0.5) is 0 Å². The van der Waals surface area contributed by atoms with Crippen LogP contribution in [0.15, 0.2) is 18.2 Å². The number of aryl methyl sites for hydroxylation is 1. The van der Waals surface area contributed by atoms with Gasteiger partial charge in [-0.2, -0.15) is 0 Å². The predicted octanol–water partition coefficient (Wildman–Crippen LogP) is 3.19. The van der Waals surface area contributed by atoms with E-state index in [-0.39, 0.29) is 11.5 Å². The Morgan fingerprint density at radius 3 is 3.09 bits per heavy atom. The molecule has 2 saturated heterocycles. The zero-order chi connectivity index (χ0) is 16.3. The van der Waals surface area contributed by atoms with E-state index in [0.717, 1.165) is 51.4 Å². The molecule has 3 rings (SSSR count). The zero-order valence-electron chi connectivity index (χ0n) is 14.8. The van der Waals surface area contributed by atoms with Crippen LogP contribution in [-0.2, 0) is 16.0 Å². The SMILES string of the molecule is Cc1cccc(CN2CC[C@H]3OCCC[C@@]3(COC(C)C)C2)n1. The van der Waals surface area contributed by atoms with Crippen LogP contribution in [0.1, 0.15) is 44.5 Å². The first-order valence-corrected chi connectivity index (χ1v) is 8.95. The predicted molar refractivity (Wildman–Crippen MR) is 91.4 cm³/mol. The van der Waals surface area contributed by atoms with Crippen molar-refractivity contribution >= 4 is 0 Å². The summed E-state index contributed by atoms with van der Waals surface area (Å²) in [5.74, 6) is 0. The quantitative estimate of drug-likeness (QED) is 0.835. The molecular formula is C19H30N2O2. The number of likely N-dealkylation sites (tertiary alicyclic amines) is 1. The molecule has 1 aromatic rings.